The van der Waals surface area contributed by atoms with Crippen molar-refractivity contribution in [1.82, 2.24) is 4.90 Å². The second-order valence-corrected chi connectivity index (χ2v) is 5.72. The van der Waals surface area contributed by atoms with Crippen molar-refractivity contribution in [1.29, 1.82) is 0 Å². The molecule has 0 radical (unpaired) electrons. The molecule has 1 aliphatic heterocycles. The molecule has 1 heterocycles. The van der Waals surface area contributed by atoms with Gasteiger partial charge in [0.1, 0.15) is 0 Å². The van der Waals surface area contributed by atoms with Crippen LogP contribution in [-0.2, 0) is 4.79 Å². The monoisotopic (exact) mass is 240 g/mol. The smallest absolute Gasteiger partial charge is 0.224 e. The Kier molecular flexibility index (Phi) is 5.96. The maximum absolute atomic E-state index is 12.0. The van der Waals surface area contributed by atoms with Gasteiger partial charge in [0, 0.05) is 25.6 Å². The number of rotatable bonds is 5. The summed E-state index contributed by atoms with van der Waals surface area (Å²) in [5, 5.41) is 0. The molecule has 17 heavy (non-hydrogen) atoms. The van der Waals surface area contributed by atoms with Crippen molar-refractivity contribution in [2.75, 3.05) is 13.1 Å². The molecule has 1 fully saturated rings. The lowest BCUT2D eigenvalue weighted by atomic mass is 9.92. The molecule has 1 aliphatic rings. The zero-order valence-corrected chi connectivity index (χ0v) is 11.6. The van der Waals surface area contributed by atoms with Crippen LogP contribution in [0.25, 0.3) is 0 Å². The van der Waals surface area contributed by atoms with Crippen LogP contribution < -0.4 is 5.73 Å². The zero-order valence-electron chi connectivity index (χ0n) is 11.6. The summed E-state index contributed by atoms with van der Waals surface area (Å²) in [5.41, 5.74) is 5.95. The van der Waals surface area contributed by atoms with Gasteiger partial charge in [-0.05, 0) is 24.7 Å². The van der Waals surface area contributed by atoms with E-state index in [1.54, 1.807) is 0 Å². The average molecular weight is 240 g/mol. The second kappa shape index (κ2) is 7.00. The molecule has 0 saturated carbocycles. The Morgan fingerprint density at radius 2 is 1.94 bits per heavy atom. The summed E-state index contributed by atoms with van der Waals surface area (Å²) in [6.45, 7) is 8.26. The highest BCUT2D eigenvalue weighted by molar-refractivity contribution is 5.76. The number of hydrogen-bond donors (Lipinski definition) is 1. The minimum absolute atomic E-state index is 0.0101. The predicted octanol–water partition coefficient (Wildman–Crippen LogP) is 2.40. The summed E-state index contributed by atoms with van der Waals surface area (Å²) in [6, 6.07) is 0.0101. The Morgan fingerprint density at radius 1 is 1.35 bits per heavy atom. The van der Waals surface area contributed by atoms with E-state index < -0.39 is 0 Å². The van der Waals surface area contributed by atoms with E-state index in [0.29, 0.717) is 12.3 Å². The maximum Gasteiger partial charge on any atom is 0.224 e. The number of amides is 1. The summed E-state index contributed by atoms with van der Waals surface area (Å²) in [6.07, 6.45) is 5.44. The first-order chi connectivity index (χ1) is 8.04. The van der Waals surface area contributed by atoms with Gasteiger partial charge in [-0.1, -0.05) is 33.6 Å². The highest BCUT2D eigenvalue weighted by atomic mass is 16.2. The first kappa shape index (κ1) is 14.5. The maximum atomic E-state index is 12.0. The van der Waals surface area contributed by atoms with Gasteiger partial charge in [0.2, 0.25) is 5.91 Å². The largest absolute Gasteiger partial charge is 0.343 e. The summed E-state index contributed by atoms with van der Waals surface area (Å²) in [5.74, 6) is 1.47. The number of nitrogens with zero attached hydrogens (tertiary/aromatic N) is 1. The standard InChI is InChI=1S/C14H28N2O/c1-4-5-12-6-8-16(9-7-12)14(17)10-13(15)11(2)3/h11-13H,4-10,15H2,1-3H3. The molecule has 0 spiro atoms. The van der Waals surface area contributed by atoms with Crippen molar-refractivity contribution in [2.45, 2.75) is 58.9 Å². The van der Waals surface area contributed by atoms with Gasteiger partial charge in [-0.15, -0.1) is 0 Å². The van der Waals surface area contributed by atoms with E-state index in [2.05, 4.69) is 20.8 Å². The molecule has 0 bridgehead atoms. The van der Waals surface area contributed by atoms with Crippen LogP contribution in [0, 0.1) is 11.8 Å². The average Bonchev–Trinajstić information content (AvgIpc) is 2.30. The molecule has 1 rings (SSSR count). The van der Waals surface area contributed by atoms with Gasteiger partial charge < -0.3 is 10.6 Å². The first-order valence-electron chi connectivity index (χ1n) is 7.08. The Hall–Kier alpha value is -0.570. The number of carbonyl (C=O) groups is 1. The van der Waals surface area contributed by atoms with Gasteiger partial charge >= 0.3 is 0 Å². The third-order valence-corrected chi connectivity index (χ3v) is 3.93. The van der Waals surface area contributed by atoms with Crippen molar-refractivity contribution < 1.29 is 4.79 Å². The summed E-state index contributed by atoms with van der Waals surface area (Å²) < 4.78 is 0. The lowest BCUT2D eigenvalue weighted by Gasteiger charge is -2.33. The fourth-order valence-corrected chi connectivity index (χ4v) is 2.45. The van der Waals surface area contributed by atoms with Crippen LogP contribution in [0.5, 0.6) is 0 Å². The van der Waals surface area contributed by atoms with E-state index in [0.717, 1.165) is 19.0 Å². The highest BCUT2D eigenvalue weighted by Crippen LogP contribution is 2.22. The van der Waals surface area contributed by atoms with Crippen LogP contribution in [0.3, 0.4) is 0 Å². The summed E-state index contributed by atoms with van der Waals surface area (Å²) in [4.78, 5) is 14.0. The quantitative estimate of drug-likeness (QED) is 0.802. The fourth-order valence-electron chi connectivity index (χ4n) is 2.45. The van der Waals surface area contributed by atoms with Gasteiger partial charge in [-0.3, -0.25) is 4.79 Å². The van der Waals surface area contributed by atoms with Gasteiger partial charge in [-0.2, -0.15) is 0 Å². The molecule has 1 atom stereocenters. The Balaban J connectivity index is 2.31. The van der Waals surface area contributed by atoms with Gasteiger partial charge in [0.15, 0.2) is 0 Å². The third-order valence-electron chi connectivity index (χ3n) is 3.93. The highest BCUT2D eigenvalue weighted by Gasteiger charge is 2.23. The molecule has 1 unspecified atom stereocenters. The second-order valence-electron chi connectivity index (χ2n) is 5.72. The van der Waals surface area contributed by atoms with Crippen LogP contribution in [0.15, 0.2) is 0 Å². The van der Waals surface area contributed by atoms with Crippen LogP contribution in [-0.4, -0.2) is 29.9 Å². The molecule has 2 N–H and O–H groups in total. The Labute approximate surface area is 106 Å². The van der Waals surface area contributed by atoms with Crippen molar-refractivity contribution in [3.8, 4) is 0 Å². The van der Waals surface area contributed by atoms with E-state index in [1.807, 2.05) is 4.90 Å². The van der Waals surface area contributed by atoms with Gasteiger partial charge in [0.25, 0.3) is 0 Å². The number of hydrogen-bond acceptors (Lipinski definition) is 2. The molecule has 100 valence electrons. The third kappa shape index (κ3) is 4.66. The fraction of sp³-hybridized carbons (Fsp3) is 0.929. The number of nitrogens with two attached hydrogens (primary N) is 1. The number of likely N-dealkylation sites (tertiary alicyclic amines) is 1. The molecular weight excluding hydrogens is 212 g/mol. The predicted molar refractivity (Wildman–Crippen MR) is 71.6 cm³/mol. The SMILES string of the molecule is CCCC1CCN(C(=O)CC(N)C(C)C)CC1. The van der Waals surface area contributed by atoms with Gasteiger partial charge in [0.05, 0.1) is 0 Å². The summed E-state index contributed by atoms with van der Waals surface area (Å²) in [7, 11) is 0. The molecule has 0 aromatic rings. The summed E-state index contributed by atoms with van der Waals surface area (Å²) >= 11 is 0. The van der Waals surface area contributed by atoms with Crippen molar-refractivity contribution in [3.63, 3.8) is 0 Å². The number of carbonyl (C=O) groups excluding carboxylic acids is 1. The lowest BCUT2D eigenvalue weighted by Crippen LogP contribution is -2.42. The molecule has 3 heteroatoms. The lowest BCUT2D eigenvalue weighted by molar-refractivity contribution is -0.133. The van der Waals surface area contributed by atoms with Crippen LogP contribution in [0.1, 0.15) is 52.9 Å². The minimum atomic E-state index is 0.0101. The molecule has 1 amide bonds. The van der Waals surface area contributed by atoms with Crippen molar-refractivity contribution in [2.24, 2.45) is 17.6 Å². The van der Waals surface area contributed by atoms with E-state index in [4.69, 9.17) is 5.73 Å². The van der Waals surface area contributed by atoms with Gasteiger partial charge in [-0.25, -0.2) is 0 Å². The van der Waals surface area contributed by atoms with E-state index in [9.17, 15) is 4.79 Å². The molecule has 3 nitrogen and oxygen atoms in total. The van der Waals surface area contributed by atoms with Crippen LogP contribution in [0.2, 0.25) is 0 Å². The normalized spacial score (nSPS) is 19.7. The molecule has 0 aliphatic carbocycles. The number of piperidine rings is 1. The van der Waals surface area contributed by atoms with E-state index in [1.165, 1.54) is 25.7 Å². The molecular formula is C14H28N2O. The van der Waals surface area contributed by atoms with E-state index >= 15 is 0 Å². The molecule has 0 aromatic heterocycles. The first-order valence-corrected chi connectivity index (χ1v) is 7.08. The molecule has 0 aromatic carbocycles. The van der Waals surface area contributed by atoms with Crippen molar-refractivity contribution in [3.05, 3.63) is 0 Å². The minimum Gasteiger partial charge on any atom is -0.343 e. The van der Waals surface area contributed by atoms with Crippen molar-refractivity contribution >= 4 is 5.91 Å². The Morgan fingerprint density at radius 3 is 2.41 bits per heavy atom. The van der Waals surface area contributed by atoms with Crippen LogP contribution >= 0.6 is 0 Å². The van der Waals surface area contributed by atoms with Crippen LogP contribution in [0.4, 0.5) is 0 Å². The Bertz CT molecular complexity index is 232. The van der Waals surface area contributed by atoms with E-state index in [-0.39, 0.29) is 11.9 Å². The zero-order chi connectivity index (χ0) is 12.8. The molecule has 1 saturated heterocycles. The topological polar surface area (TPSA) is 46.3 Å².